The molecule has 1 aromatic heterocycles. The van der Waals surface area contributed by atoms with Gasteiger partial charge < -0.3 is 18.8 Å². The number of methoxy groups -OCH3 is 1. The predicted molar refractivity (Wildman–Crippen MR) is 134 cm³/mol. The van der Waals surface area contributed by atoms with E-state index in [-0.39, 0.29) is 30.8 Å². The summed E-state index contributed by atoms with van der Waals surface area (Å²) in [6.45, 7) is 4.51. The van der Waals surface area contributed by atoms with Crippen molar-refractivity contribution in [2.24, 2.45) is 5.41 Å². The lowest BCUT2D eigenvalue weighted by molar-refractivity contribution is -0.136. The number of hydrogen-bond donors (Lipinski definition) is 0. The van der Waals surface area contributed by atoms with E-state index in [0.29, 0.717) is 31.0 Å². The van der Waals surface area contributed by atoms with Crippen LogP contribution in [0.15, 0.2) is 70.3 Å². The van der Waals surface area contributed by atoms with Crippen LogP contribution in [0.1, 0.15) is 20.3 Å². The molecular formula is C26H31N3O6S. The number of aromatic nitrogens is 1. The highest BCUT2D eigenvalue weighted by atomic mass is 32.2. The first-order valence-electron chi connectivity index (χ1n) is 11.7. The summed E-state index contributed by atoms with van der Waals surface area (Å²) < 4.78 is 45.1. The number of benzene rings is 2. The molecule has 9 nitrogen and oxygen atoms in total. The number of carbonyl (C=O) groups is 1. The molecule has 36 heavy (non-hydrogen) atoms. The second-order valence-electron chi connectivity index (χ2n) is 9.24. The van der Waals surface area contributed by atoms with Gasteiger partial charge >= 0.3 is 0 Å². The average Bonchev–Trinajstić information content (AvgIpc) is 3.50. The number of hydrogen-bond acceptors (Lipinski definition) is 7. The number of rotatable bonds is 11. The van der Waals surface area contributed by atoms with E-state index in [1.807, 2.05) is 38.1 Å². The van der Waals surface area contributed by atoms with E-state index in [4.69, 9.17) is 13.9 Å². The normalized spacial score (nSPS) is 15.7. The summed E-state index contributed by atoms with van der Waals surface area (Å²) >= 11 is 0. The third-order valence-corrected chi connectivity index (χ3v) is 8.06. The molecule has 2 aromatic carbocycles. The SMILES string of the molecule is COCCOCN(CN1CCC(C)(C)C1=O)S(=O)(=O)c1ccccc1-c1ccc(-c2ncco2)cc1. The predicted octanol–water partition coefficient (Wildman–Crippen LogP) is 3.84. The summed E-state index contributed by atoms with van der Waals surface area (Å²) in [5, 5.41) is 0. The average molecular weight is 514 g/mol. The van der Waals surface area contributed by atoms with E-state index < -0.39 is 15.4 Å². The number of nitrogens with zero attached hydrogens (tertiary/aromatic N) is 3. The second kappa shape index (κ2) is 10.9. The lowest BCUT2D eigenvalue weighted by Crippen LogP contribution is -2.44. The molecule has 0 bridgehead atoms. The van der Waals surface area contributed by atoms with E-state index in [1.54, 1.807) is 42.5 Å². The minimum absolute atomic E-state index is 0.0741. The lowest BCUT2D eigenvalue weighted by atomic mass is 9.92. The van der Waals surface area contributed by atoms with Crippen molar-refractivity contribution in [3.05, 3.63) is 61.0 Å². The quantitative estimate of drug-likeness (QED) is 0.284. The van der Waals surface area contributed by atoms with Gasteiger partial charge in [0.1, 0.15) is 13.0 Å². The third kappa shape index (κ3) is 5.52. The Kier molecular flexibility index (Phi) is 7.89. The summed E-state index contributed by atoms with van der Waals surface area (Å²) in [6.07, 6.45) is 3.74. The highest BCUT2D eigenvalue weighted by molar-refractivity contribution is 7.89. The van der Waals surface area contributed by atoms with Gasteiger partial charge in [-0.2, -0.15) is 4.31 Å². The molecule has 0 saturated carbocycles. The van der Waals surface area contributed by atoms with Crippen molar-refractivity contribution < 1.29 is 27.1 Å². The summed E-state index contributed by atoms with van der Waals surface area (Å²) in [4.78, 5) is 18.7. The molecule has 1 aliphatic heterocycles. The summed E-state index contributed by atoms with van der Waals surface area (Å²) in [7, 11) is -2.48. The standard InChI is InChI=1S/C26H31N3O6S/c1-26(2)12-14-28(25(26)30)18-29(19-34-17-16-33-3)36(31,32)23-7-5-4-6-22(23)20-8-10-21(11-9-20)24-27-13-15-35-24/h4-11,13,15H,12,14,16-19H2,1-3H3. The molecule has 1 fully saturated rings. The third-order valence-electron chi connectivity index (χ3n) is 6.25. The van der Waals surface area contributed by atoms with Crippen LogP contribution >= 0.6 is 0 Å². The monoisotopic (exact) mass is 513 g/mol. The van der Waals surface area contributed by atoms with Gasteiger partial charge in [-0.25, -0.2) is 13.4 Å². The van der Waals surface area contributed by atoms with Crippen LogP contribution < -0.4 is 0 Å². The number of carbonyl (C=O) groups excluding carboxylic acids is 1. The minimum atomic E-state index is -4.03. The van der Waals surface area contributed by atoms with E-state index in [2.05, 4.69) is 4.98 Å². The van der Waals surface area contributed by atoms with Gasteiger partial charge in [-0.1, -0.05) is 44.2 Å². The number of oxazole rings is 1. The maximum Gasteiger partial charge on any atom is 0.247 e. The van der Waals surface area contributed by atoms with Crippen molar-refractivity contribution in [2.75, 3.05) is 40.3 Å². The molecule has 2 heterocycles. The van der Waals surface area contributed by atoms with Crippen molar-refractivity contribution in [3.8, 4) is 22.6 Å². The van der Waals surface area contributed by atoms with Crippen LogP contribution in [-0.4, -0.2) is 68.8 Å². The van der Waals surface area contributed by atoms with E-state index in [1.165, 1.54) is 10.6 Å². The van der Waals surface area contributed by atoms with Gasteiger partial charge in [-0.15, -0.1) is 0 Å². The number of amides is 1. The van der Waals surface area contributed by atoms with E-state index in [0.717, 1.165) is 11.1 Å². The maximum absolute atomic E-state index is 14.0. The molecule has 0 unspecified atom stereocenters. The van der Waals surface area contributed by atoms with Crippen LogP contribution in [0.4, 0.5) is 0 Å². The van der Waals surface area contributed by atoms with Crippen molar-refractivity contribution in [1.29, 1.82) is 0 Å². The Morgan fingerprint density at radius 2 is 1.81 bits per heavy atom. The molecule has 192 valence electrons. The van der Waals surface area contributed by atoms with Crippen molar-refractivity contribution in [2.45, 2.75) is 25.2 Å². The number of sulfonamides is 1. The van der Waals surface area contributed by atoms with Crippen molar-refractivity contribution >= 4 is 15.9 Å². The Labute approximate surface area is 211 Å². The second-order valence-corrected chi connectivity index (χ2v) is 11.1. The highest BCUT2D eigenvalue weighted by Gasteiger charge is 2.41. The summed E-state index contributed by atoms with van der Waals surface area (Å²) in [6, 6.07) is 14.2. The molecule has 4 rings (SSSR count). The zero-order chi connectivity index (χ0) is 25.8. The molecule has 3 aromatic rings. The van der Waals surface area contributed by atoms with Crippen LogP contribution in [0.3, 0.4) is 0 Å². The molecule has 1 saturated heterocycles. The topological polar surface area (TPSA) is 102 Å². The Balaban J connectivity index is 1.65. The molecule has 0 atom stereocenters. The van der Waals surface area contributed by atoms with Crippen molar-refractivity contribution in [3.63, 3.8) is 0 Å². The molecule has 10 heteroatoms. The maximum atomic E-state index is 14.0. The van der Waals surface area contributed by atoms with Crippen LogP contribution in [0.25, 0.3) is 22.6 Å². The minimum Gasteiger partial charge on any atom is -0.445 e. The van der Waals surface area contributed by atoms with Gasteiger partial charge in [-0.3, -0.25) is 4.79 Å². The molecule has 0 N–H and O–H groups in total. The fourth-order valence-corrected chi connectivity index (χ4v) is 5.60. The lowest BCUT2D eigenvalue weighted by Gasteiger charge is -2.28. The summed E-state index contributed by atoms with van der Waals surface area (Å²) in [5.74, 6) is 0.412. The van der Waals surface area contributed by atoms with E-state index >= 15 is 0 Å². The Morgan fingerprint density at radius 1 is 1.08 bits per heavy atom. The largest absolute Gasteiger partial charge is 0.445 e. The molecule has 0 spiro atoms. The molecule has 1 aliphatic rings. The fraction of sp³-hybridized carbons (Fsp3) is 0.385. The van der Waals surface area contributed by atoms with Crippen molar-refractivity contribution in [1.82, 2.24) is 14.2 Å². The molecule has 0 radical (unpaired) electrons. The first-order chi connectivity index (χ1) is 17.2. The molecule has 0 aliphatic carbocycles. The zero-order valence-corrected chi connectivity index (χ0v) is 21.5. The van der Waals surface area contributed by atoms with Gasteiger partial charge in [0, 0.05) is 30.2 Å². The fourth-order valence-electron chi connectivity index (χ4n) is 4.10. The Bertz CT molecular complexity index is 1270. The van der Waals surface area contributed by atoms with Crippen LogP contribution in [-0.2, 0) is 24.3 Å². The Morgan fingerprint density at radius 3 is 2.44 bits per heavy atom. The van der Waals surface area contributed by atoms with Gasteiger partial charge in [0.05, 0.1) is 31.0 Å². The molecule has 1 amide bonds. The van der Waals surface area contributed by atoms with Crippen LogP contribution in [0.5, 0.6) is 0 Å². The Hall–Kier alpha value is -3.05. The van der Waals surface area contributed by atoms with E-state index in [9.17, 15) is 13.2 Å². The smallest absolute Gasteiger partial charge is 0.247 e. The highest BCUT2D eigenvalue weighted by Crippen LogP contribution is 2.33. The zero-order valence-electron chi connectivity index (χ0n) is 20.7. The first-order valence-corrected chi connectivity index (χ1v) is 13.1. The number of ether oxygens (including phenoxy) is 2. The van der Waals surface area contributed by atoms with Crippen LogP contribution in [0.2, 0.25) is 0 Å². The summed E-state index contributed by atoms with van der Waals surface area (Å²) in [5.41, 5.74) is 1.54. The van der Waals surface area contributed by atoms with Gasteiger partial charge in [0.15, 0.2) is 0 Å². The number of likely N-dealkylation sites (tertiary alicyclic amines) is 1. The van der Waals surface area contributed by atoms with Crippen LogP contribution in [0, 0.1) is 5.41 Å². The van der Waals surface area contributed by atoms with Gasteiger partial charge in [-0.05, 0) is 30.2 Å². The molecular weight excluding hydrogens is 482 g/mol. The van der Waals surface area contributed by atoms with Gasteiger partial charge in [0.2, 0.25) is 21.8 Å². The first kappa shape index (κ1) is 26.0. The van der Waals surface area contributed by atoms with Gasteiger partial charge in [0.25, 0.3) is 0 Å².